The number of ether oxygens (including phenoxy) is 1. The van der Waals surface area contributed by atoms with E-state index >= 15 is 0 Å². The summed E-state index contributed by atoms with van der Waals surface area (Å²) < 4.78 is 36.8. The van der Waals surface area contributed by atoms with Crippen molar-refractivity contribution >= 4 is 44.9 Å². The summed E-state index contributed by atoms with van der Waals surface area (Å²) in [5.41, 5.74) is 2.56. The van der Waals surface area contributed by atoms with Gasteiger partial charge in [0.2, 0.25) is 0 Å². The highest BCUT2D eigenvalue weighted by molar-refractivity contribution is 7.90. The smallest absolute Gasteiger partial charge is 0.419 e. The molecule has 4 aromatic rings. The first-order valence-corrected chi connectivity index (χ1v) is 13.9. The number of aromatic nitrogens is 1. The second-order valence-electron chi connectivity index (χ2n) is 8.60. The summed E-state index contributed by atoms with van der Waals surface area (Å²) in [6.07, 6.45) is -0.930. The van der Waals surface area contributed by atoms with Gasteiger partial charge in [0.05, 0.1) is 34.4 Å². The molecule has 1 aromatic heterocycles. The molecule has 0 aliphatic heterocycles. The molecule has 0 saturated heterocycles. The normalized spacial score (nSPS) is 11.3. The number of hydrogen-bond donors (Lipinski definition) is 1. The van der Waals surface area contributed by atoms with Crippen LogP contribution in [-0.4, -0.2) is 37.4 Å². The van der Waals surface area contributed by atoms with Crippen molar-refractivity contribution in [3.63, 3.8) is 0 Å². The number of halogens is 1. The standard InChI is InChI=1S/C28H25ClN2O7S/c1-3-37-28(34)31(24-10-5-4-9-23(24)29)27-18(2)38-30-26(27)21-13-11-19(12-14-21)17-39(35,36)22-8-6-7-20(15-22)16-25(32)33/h4-15H,3,16-17H2,1-2H3,(H,32,33). The molecule has 0 aliphatic carbocycles. The molecule has 1 N–H and O–H groups in total. The van der Waals surface area contributed by atoms with Gasteiger partial charge in [-0.25, -0.2) is 18.1 Å². The predicted octanol–water partition coefficient (Wildman–Crippen LogP) is 6.20. The molecule has 1 amide bonds. The van der Waals surface area contributed by atoms with Gasteiger partial charge in [-0.05, 0) is 49.2 Å². The minimum Gasteiger partial charge on any atom is -0.481 e. The molecule has 0 saturated carbocycles. The number of carboxylic acid groups (broad SMARTS) is 1. The van der Waals surface area contributed by atoms with Gasteiger partial charge in [-0.3, -0.25) is 4.79 Å². The maximum Gasteiger partial charge on any atom is 0.419 e. The Kier molecular flexibility index (Phi) is 8.37. The highest BCUT2D eigenvalue weighted by atomic mass is 35.5. The number of anilines is 2. The maximum absolute atomic E-state index is 13.0. The van der Waals surface area contributed by atoms with Crippen molar-refractivity contribution in [2.24, 2.45) is 0 Å². The number of amides is 1. The highest BCUT2D eigenvalue weighted by Gasteiger charge is 2.30. The highest BCUT2D eigenvalue weighted by Crippen LogP contribution is 2.40. The van der Waals surface area contributed by atoms with Gasteiger partial charge >= 0.3 is 12.1 Å². The number of benzene rings is 3. The van der Waals surface area contributed by atoms with Crippen LogP contribution in [0.1, 0.15) is 23.8 Å². The van der Waals surface area contributed by atoms with Gasteiger partial charge in [0.25, 0.3) is 0 Å². The van der Waals surface area contributed by atoms with Crippen LogP contribution in [0.2, 0.25) is 5.02 Å². The molecule has 4 rings (SSSR count). The molecule has 202 valence electrons. The first-order chi connectivity index (χ1) is 18.6. The van der Waals surface area contributed by atoms with E-state index in [9.17, 15) is 18.0 Å². The number of sulfone groups is 1. The zero-order chi connectivity index (χ0) is 28.2. The molecule has 0 atom stereocenters. The third kappa shape index (κ3) is 6.30. The molecule has 9 nitrogen and oxygen atoms in total. The monoisotopic (exact) mass is 568 g/mol. The second-order valence-corrected chi connectivity index (χ2v) is 11.0. The molecule has 0 unspecified atom stereocenters. The van der Waals surface area contributed by atoms with Gasteiger partial charge in [-0.1, -0.05) is 65.3 Å². The van der Waals surface area contributed by atoms with Crippen LogP contribution < -0.4 is 4.90 Å². The van der Waals surface area contributed by atoms with E-state index in [1.165, 1.54) is 23.1 Å². The third-order valence-electron chi connectivity index (χ3n) is 5.80. The van der Waals surface area contributed by atoms with E-state index in [4.69, 9.17) is 26.0 Å². The van der Waals surface area contributed by atoms with Crippen molar-refractivity contribution in [2.75, 3.05) is 11.5 Å². The van der Waals surface area contributed by atoms with E-state index in [0.717, 1.165) is 0 Å². The lowest BCUT2D eigenvalue weighted by Crippen LogP contribution is -2.27. The van der Waals surface area contributed by atoms with Gasteiger partial charge in [0, 0.05) is 5.56 Å². The molecule has 3 aromatic carbocycles. The number of aliphatic carboxylic acids is 1. The quantitative estimate of drug-likeness (QED) is 0.253. The van der Waals surface area contributed by atoms with E-state index in [-0.39, 0.29) is 23.7 Å². The van der Waals surface area contributed by atoms with Gasteiger partial charge in [-0.15, -0.1) is 0 Å². The molecule has 0 spiro atoms. The summed E-state index contributed by atoms with van der Waals surface area (Å²) in [7, 11) is -3.74. The fourth-order valence-corrected chi connectivity index (χ4v) is 5.67. The van der Waals surface area contributed by atoms with Crippen LogP contribution in [0.15, 0.2) is 82.2 Å². The number of carboxylic acids is 1. The van der Waals surface area contributed by atoms with Crippen molar-refractivity contribution in [2.45, 2.75) is 30.9 Å². The van der Waals surface area contributed by atoms with Crippen LogP contribution in [0.25, 0.3) is 11.3 Å². The van der Waals surface area contributed by atoms with Crippen LogP contribution in [0.4, 0.5) is 16.2 Å². The number of rotatable bonds is 9. The summed E-state index contributed by atoms with van der Waals surface area (Å²) in [5.74, 6) is -0.979. The van der Waals surface area contributed by atoms with Crippen LogP contribution >= 0.6 is 11.6 Å². The average molecular weight is 569 g/mol. The number of aryl methyl sites for hydroxylation is 1. The molecular weight excluding hydrogens is 544 g/mol. The van der Waals surface area contributed by atoms with Crippen LogP contribution in [-0.2, 0) is 31.5 Å². The maximum atomic E-state index is 13.0. The Morgan fingerprint density at radius 1 is 1.03 bits per heavy atom. The van der Waals surface area contributed by atoms with Gasteiger partial charge in [0.15, 0.2) is 15.6 Å². The fourth-order valence-electron chi connectivity index (χ4n) is 4.04. The Bertz CT molecular complexity index is 1620. The van der Waals surface area contributed by atoms with Gasteiger partial charge in [-0.2, -0.15) is 0 Å². The van der Waals surface area contributed by atoms with E-state index in [1.54, 1.807) is 68.4 Å². The summed E-state index contributed by atoms with van der Waals surface area (Å²) >= 11 is 6.41. The first-order valence-electron chi connectivity index (χ1n) is 11.9. The third-order valence-corrected chi connectivity index (χ3v) is 7.80. The largest absolute Gasteiger partial charge is 0.481 e. The number of carbonyl (C=O) groups is 2. The van der Waals surface area contributed by atoms with Gasteiger partial charge in [0.1, 0.15) is 11.4 Å². The van der Waals surface area contributed by atoms with E-state index < -0.39 is 21.9 Å². The summed E-state index contributed by atoms with van der Waals surface area (Å²) in [4.78, 5) is 25.4. The molecule has 39 heavy (non-hydrogen) atoms. The second kappa shape index (κ2) is 11.7. The first kappa shape index (κ1) is 27.9. The topological polar surface area (TPSA) is 127 Å². The minimum absolute atomic E-state index is 0.0459. The van der Waals surface area contributed by atoms with Crippen molar-refractivity contribution < 1.29 is 32.4 Å². The van der Waals surface area contributed by atoms with E-state index in [2.05, 4.69) is 5.16 Å². The Morgan fingerprint density at radius 3 is 2.41 bits per heavy atom. The Morgan fingerprint density at radius 2 is 1.74 bits per heavy atom. The lowest BCUT2D eigenvalue weighted by atomic mass is 10.1. The summed E-state index contributed by atoms with van der Waals surface area (Å²) in [6.45, 7) is 3.50. The van der Waals surface area contributed by atoms with E-state index in [0.29, 0.717) is 44.5 Å². The number of nitrogens with zero attached hydrogens (tertiary/aromatic N) is 2. The lowest BCUT2D eigenvalue weighted by Gasteiger charge is -2.23. The summed E-state index contributed by atoms with van der Waals surface area (Å²) in [5, 5.41) is 13.5. The Labute approximate surface area is 230 Å². The Hall–Kier alpha value is -4.15. The predicted molar refractivity (Wildman–Crippen MR) is 146 cm³/mol. The van der Waals surface area contributed by atoms with Crippen LogP contribution in [0, 0.1) is 6.92 Å². The molecule has 0 aliphatic rings. The molecule has 0 bridgehead atoms. The number of para-hydroxylation sites is 1. The minimum atomic E-state index is -3.74. The molecule has 0 radical (unpaired) electrons. The Balaban J connectivity index is 1.66. The van der Waals surface area contributed by atoms with Crippen molar-refractivity contribution in [1.29, 1.82) is 0 Å². The van der Waals surface area contributed by atoms with Gasteiger partial charge < -0.3 is 14.4 Å². The number of carbonyl (C=O) groups excluding carboxylic acids is 1. The van der Waals surface area contributed by atoms with Crippen molar-refractivity contribution in [3.05, 3.63) is 94.7 Å². The van der Waals surface area contributed by atoms with E-state index in [1.807, 2.05) is 0 Å². The van der Waals surface area contributed by atoms with Crippen LogP contribution in [0.3, 0.4) is 0 Å². The average Bonchev–Trinajstić information content (AvgIpc) is 3.26. The zero-order valence-electron chi connectivity index (χ0n) is 21.1. The molecule has 0 fully saturated rings. The van der Waals surface area contributed by atoms with Crippen molar-refractivity contribution in [3.8, 4) is 11.3 Å². The SMILES string of the molecule is CCOC(=O)N(c1ccccc1Cl)c1c(-c2ccc(CS(=O)(=O)c3cccc(CC(=O)O)c3)cc2)noc1C. The lowest BCUT2D eigenvalue weighted by molar-refractivity contribution is -0.136. The molecular formula is C28H25ClN2O7S. The summed E-state index contributed by atoms with van der Waals surface area (Å²) in [6, 6.07) is 19.4. The van der Waals surface area contributed by atoms with Crippen molar-refractivity contribution in [1.82, 2.24) is 5.16 Å². The number of hydrogen-bond acceptors (Lipinski definition) is 7. The molecule has 1 heterocycles. The van der Waals surface area contributed by atoms with Crippen LogP contribution in [0.5, 0.6) is 0 Å². The fraction of sp³-hybridized carbons (Fsp3) is 0.179. The zero-order valence-corrected chi connectivity index (χ0v) is 22.7. The molecule has 11 heteroatoms.